The molecule has 1 rings (SSSR count). The van der Waals surface area contributed by atoms with Gasteiger partial charge < -0.3 is 0 Å². The molecule has 0 aliphatic rings. The molecular weight excluding hydrogens is 196 g/mol. The van der Waals surface area contributed by atoms with Crippen molar-refractivity contribution in [1.82, 2.24) is 0 Å². The van der Waals surface area contributed by atoms with Gasteiger partial charge in [0.15, 0.2) is 5.41 Å². The van der Waals surface area contributed by atoms with E-state index in [1.54, 1.807) is 0 Å². The molecule has 0 radical (unpaired) electrons. The predicted molar refractivity (Wildman–Crippen MR) is 63.8 cm³/mol. The Balaban J connectivity index is 3.44. The summed E-state index contributed by atoms with van der Waals surface area (Å²) < 4.78 is 0. The van der Waals surface area contributed by atoms with Crippen molar-refractivity contribution in [2.45, 2.75) is 39.0 Å². The highest BCUT2D eigenvalue weighted by atomic mass is 14.4. The number of hydrogen-bond acceptors (Lipinski definition) is 2. The summed E-state index contributed by atoms with van der Waals surface area (Å²) in [6.07, 6.45) is 1.37. The van der Waals surface area contributed by atoms with Crippen molar-refractivity contribution in [3.63, 3.8) is 0 Å². The standard InChI is InChI=1S/C14H16N2/c1-4-12-8-11(3)6-7-13(12)14(5-2,9-15)10-16/h6-8H,4-5H2,1-3H3. The monoisotopic (exact) mass is 212 g/mol. The zero-order valence-corrected chi connectivity index (χ0v) is 10.0. The van der Waals surface area contributed by atoms with Crippen LogP contribution >= 0.6 is 0 Å². The molecule has 0 heterocycles. The second-order valence-corrected chi connectivity index (χ2v) is 4.00. The molecule has 0 amide bonds. The van der Waals surface area contributed by atoms with Crippen LogP contribution in [0.25, 0.3) is 0 Å². The smallest absolute Gasteiger partial charge is 0.168 e. The summed E-state index contributed by atoms with van der Waals surface area (Å²) in [4.78, 5) is 0. The quantitative estimate of drug-likeness (QED) is 0.772. The molecule has 82 valence electrons. The molecule has 16 heavy (non-hydrogen) atoms. The zero-order chi connectivity index (χ0) is 12.2. The minimum absolute atomic E-state index is 0.524. The topological polar surface area (TPSA) is 47.6 Å². The zero-order valence-electron chi connectivity index (χ0n) is 10.0. The molecule has 0 aromatic heterocycles. The normalized spacial score (nSPS) is 10.6. The largest absolute Gasteiger partial charge is 0.196 e. The lowest BCUT2D eigenvalue weighted by atomic mass is 9.77. The Morgan fingerprint density at radius 1 is 1.19 bits per heavy atom. The van der Waals surface area contributed by atoms with Crippen LogP contribution in [0.4, 0.5) is 0 Å². The number of nitrogens with zero attached hydrogens (tertiary/aromatic N) is 2. The molecule has 0 saturated heterocycles. The summed E-state index contributed by atoms with van der Waals surface area (Å²) in [6.45, 7) is 5.95. The van der Waals surface area contributed by atoms with E-state index in [1.165, 1.54) is 5.56 Å². The van der Waals surface area contributed by atoms with E-state index in [2.05, 4.69) is 18.2 Å². The first-order valence-corrected chi connectivity index (χ1v) is 5.56. The molecule has 0 unspecified atom stereocenters. The fraction of sp³-hybridized carbons (Fsp3) is 0.429. The lowest BCUT2D eigenvalue weighted by Crippen LogP contribution is -2.22. The summed E-state index contributed by atoms with van der Waals surface area (Å²) in [5.41, 5.74) is 2.15. The summed E-state index contributed by atoms with van der Waals surface area (Å²) in [6, 6.07) is 10.3. The van der Waals surface area contributed by atoms with Gasteiger partial charge in [-0.2, -0.15) is 10.5 Å². The Labute approximate surface area is 97.1 Å². The second kappa shape index (κ2) is 4.81. The van der Waals surface area contributed by atoms with Crippen molar-refractivity contribution in [2.75, 3.05) is 0 Å². The van der Waals surface area contributed by atoms with E-state index in [1.807, 2.05) is 32.9 Å². The number of benzene rings is 1. The number of rotatable bonds is 3. The van der Waals surface area contributed by atoms with E-state index in [0.29, 0.717) is 6.42 Å². The number of aryl methyl sites for hydroxylation is 2. The van der Waals surface area contributed by atoms with Crippen LogP contribution in [-0.2, 0) is 11.8 Å². The molecular formula is C14H16N2. The Morgan fingerprint density at radius 3 is 2.25 bits per heavy atom. The van der Waals surface area contributed by atoms with Crippen molar-refractivity contribution in [3.05, 3.63) is 34.9 Å². The van der Waals surface area contributed by atoms with Gasteiger partial charge in [0.05, 0.1) is 12.1 Å². The van der Waals surface area contributed by atoms with Gasteiger partial charge in [-0.1, -0.05) is 37.6 Å². The SMILES string of the molecule is CCc1cc(C)ccc1C(C#N)(C#N)CC. The van der Waals surface area contributed by atoms with Gasteiger partial charge in [0.1, 0.15) is 0 Å². The van der Waals surface area contributed by atoms with Gasteiger partial charge in [-0.05, 0) is 30.9 Å². The summed E-state index contributed by atoms with van der Waals surface area (Å²) in [5, 5.41) is 18.5. The van der Waals surface area contributed by atoms with Gasteiger partial charge in [-0.3, -0.25) is 0 Å². The molecule has 0 bridgehead atoms. The van der Waals surface area contributed by atoms with E-state index in [-0.39, 0.29) is 0 Å². The third-order valence-electron chi connectivity index (χ3n) is 3.01. The summed E-state index contributed by atoms with van der Waals surface area (Å²) >= 11 is 0. The van der Waals surface area contributed by atoms with Gasteiger partial charge in [-0.25, -0.2) is 0 Å². The first-order valence-electron chi connectivity index (χ1n) is 5.56. The van der Waals surface area contributed by atoms with Crippen molar-refractivity contribution in [2.24, 2.45) is 0 Å². The molecule has 1 aromatic carbocycles. The Bertz CT molecular complexity index is 447. The van der Waals surface area contributed by atoms with E-state index < -0.39 is 5.41 Å². The molecule has 2 nitrogen and oxygen atoms in total. The molecule has 0 fully saturated rings. The van der Waals surface area contributed by atoms with Gasteiger partial charge >= 0.3 is 0 Å². The Morgan fingerprint density at radius 2 is 1.81 bits per heavy atom. The molecule has 0 spiro atoms. The van der Waals surface area contributed by atoms with Crippen LogP contribution in [0.2, 0.25) is 0 Å². The van der Waals surface area contributed by atoms with Crippen molar-refractivity contribution in [3.8, 4) is 12.1 Å². The Kier molecular flexibility index (Phi) is 3.69. The van der Waals surface area contributed by atoms with Crippen LogP contribution in [0.5, 0.6) is 0 Å². The van der Waals surface area contributed by atoms with E-state index in [9.17, 15) is 10.5 Å². The highest BCUT2D eigenvalue weighted by molar-refractivity contribution is 5.46. The van der Waals surface area contributed by atoms with Gasteiger partial charge in [0.2, 0.25) is 0 Å². The molecule has 0 N–H and O–H groups in total. The lowest BCUT2D eigenvalue weighted by molar-refractivity contribution is 0.663. The average molecular weight is 212 g/mol. The Hall–Kier alpha value is -1.80. The number of nitriles is 2. The fourth-order valence-corrected chi connectivity index (χ4v) is 1.93. The maximum atomic E-state index is 9.25. The molecule has 1 aromatic rings. The number of hydrogen-bond donors (Lipinski definition) is 0. The van der Waals surface area contributed by atoms with Crippen molar-refractivity contribution < 1.29 is 0 Å². The minimum Gasteiger partial charge on any atom is -0.196 e. The van der Waals surface area contributed by atoms with Crippen LogP contribution in [-0.4, -0.2) is 0 Å². The molecule has 0 aliphatic heterocycles. The van der Waals surface area contributed by atoms with Gasteiger partial charge in [0, 0.05) is 0 Å². The summed E-state index contributed by atoms with van der Waals surface area (Å²) in [5.74, 6) is 0. The van der Waals surface area contributed by atoms with Crippen LogP contribution in [0.1, 0.15) is 37.0 Å². The highest BCUT2D eigenvalue weighted by Crippen LogP contribution is 2.30. The van der Waals surface area contributed by atoms with Gasteiger partial charge in [-0.15, -0.1) is 0 Å². The van der Waals surface area contributed by atoms with Crippen LogP contribution in [0.3, 0.4) is 0 Å². The van der Waals surface area contributed by atoms with E-state index >= 15 is 0 Å². The maximum absolute atomic E-state index is 9.25. The minimum atomic E-state index is -0.987. The van der Waals surface area contributed by atoms with Crippen LogP contribution in [0, 0.1) is 29.6 Å². The lowest BCUT2D eigenvalue weighted by Gasteiger charge is -2.20. The maximum Gasteiger partial charge on any atom is 0.168 e. The average Bonchev–Trinajstić information content (AvgIpc) is 2.33. The van der Waals surface area contributed by atoms with E-state index in [0.717, 1.165) is 17.5 Å². The molecule has 0 saturated carbocycles. The fourth-order valence-electron chi connectivity index (χ4n) is 1.93. The third-order valence-corrected chi connectivity index (χ3v) is 3.01. The second-order valence-electron chi connectivity index (χ2n) is 4.00. The van der Waals surface area contributed by atoms with Crippen molar-refractivity contribution in [1.29, 1.82) is 10.5 Å². The summed E-state index contributed by atoms with van der Waals surface area (Å²) in [7, 11) is 0. The van der Waals surface area contributed by atoms with Crippen LogP contribution < -0.4 is 0 Å². The predicted octanol–water partition coefficient (Wildman–Crippen LogP) is 3.25. The molecule has 2 heteroatoms. The third kappa shape index (κ3) is 1.92. The van der Waals surface area contributed by atoms with Gasteiger partial charge in [0.25, 0.3) is 0 Å². The first-order chi connectivity index (χ1) is 7.63. The highest BCUT2D eigenvalue weighted by Gasteiger charge is 2.32. The van der Waals surface area contributed by atoms with Crippen molar-refractivity contribution >= 4 is 0 Å². The van der Waals surface area contributed by atoms with E-state index in [4.69, 9.17) is 0 Å². The van der Waals surface area contributed by atoms with Crippen LogP contribution in [0.15, 0.2) is 18.2 Å². The molecule has 0 atom stereocenters. The molecule has 0 aliphatic carbocycles. The first kappa shape index (κ1) is 12.3.